The first-order valence-corrected chi connectivity index (χ1v) is 9.08. The van der Waals surface area contributed by atoms with Gasteiger partial charge in [0.2, 0.25) is 0 Å². The summed E-state index contributed by atoms with van der Waals surface area (Å²) in [6.45, 7) is 3.11. The molecule has 0 fully saturated rings. The summed E-state index contributed by atoms with van der Waals surface area (Å²) < 4.78 is 13.0. The Balaban J connectivity index is 1.60. The maximum absolute atomic E-state index is 13.0. The third-order valence-corrected chi connectivity index (χ3v) is 5.04. The van der Waals surface area contributed by atoms with Crippen LogP contribution in [0.2, 0.25) is 0 Å². The number of rotatable bonds is 4. The van der Waals surface area contributed by atoms with Gasteiger partial charge in [-0.3, -0.25) is 4.79 Å². The van der Waals surface area contributed by atoms with Gasteiger partial charge in [-0.2, -0.15) is 0 Å². The molecule has 2 aromatic carbocycles. The second kappa shape index (κ2) is 6.92. The van der Waals surface area contributed by atoms with E-state index in [1.54, 1.807) is 0 Å². The van der Waals surface area contributed by atoms with Crippen LogP contribution in [0.1, 0.15) is 35.0 Å². The van der Waals surface area contributed by atoms with Crippen LogP contribution in [0.4, 0.5) is 10.1 Å². The zero-order chi connectivity index (χ0) is 18.1. The summed E-state index contributed by atoms with van der Waals surface area (Å²) in [6.07, 6.45) is 3.18. The number of likely N-dealkylation sites (N-methyl/N-ethyl adjacent to an activating group) is 1. The average Bonchev–Trinajstić information content (AvgIpc) is 3.00. The molecular formula is C21H22FN3O. The van der Waals surface area contributed by atoms with Crippen LogP contribution in [0, 0.1) is 5.82 Å². The molecule has 1 aliphatic rings. The Bertz CT molecular complexity index is 946. The predicted molar refractivity (Wildman–Crippen MR) is 102 cm³/mol. The molecule has 0 saturated heterocycles. The number of nitrogens with one attached hydrogen (secondary N) is 3. The lowest BCUT2D eigenvalue weighted by atomic mass is 9.91. The molecule has 1 unspecified atom stereocenters. The van der Waals surface area contributed by atoms with Crippen molar-refractivity contribution in [3.05, 3.63) is 65.1 Å². The lowest BCUT2D eigenvalue weighted by Gasteiger charge is -2.23. The van der Waals surface area contributed by atoms with Crippen molar-refractivity contribution < 1.29 is 9.18 Å². The Labute approximate surface area is 151 Å². The third kappa shape index (κ3) is 3.22. The van der Waals surface area contributed by atoms with E-state index in [1.165, 1.54) is 40.9 Å². The molecule has 4 rings (SSSR count). The van der Waals surface area contributed by atoms with E-state index in [1.807, 2.05) is 18.2 Å². The monoisotopic (exact) mass is 351 g/mol. The Morgan fingerprint density at radius 1 is 1.23 bits per heavy atom. The van der Waals surface area contributed by atoms with Crippen LogP contribution in [-0.2, 0) is 12.8 Å². The number of H-pyrrole nitrogens is 1. The van der Waals surface area contributed by atoms with Crippen molar-refractivity contribution in [2.75, 3.05) is 11.9 Å². The number of carbonyl (C=O) groups excluding carboxylic acids is 1. The van der Waals surface area contributed by atoms with E-state index in [-0.39, 0.29) is 11.7 Å². The van der Waals surface area contributed by atoms with E-state index >= 15 is 0 Å². The van der Waals surface area contributed by atoms with Gasteiger partial charge in [-0.05, 0) is 73.8 Å². The lowest BCUT2D eigenvalue weighted by molar-refractivity contribution is 0.102. The van der Waals surface area contributed by atoms with Crippen LogP contribution >= 0.6 is 0 Å². The Morgan fingerprint density at radius 3 is 2.81 bits per heavy atom. The fourth-order valence-corrected chi connectivity index (χ4v) is 3.76. The SMILES string of the molecule is CCNC1CCc2[nH]c3ccc(NC(=O)c4ccc(F)cc4)cc3c2C1. The molecule has 134 valence electrons. The summed E-state index contributed by atoms with van der Waals surface area (Å²) in [5, 5.41) is 7.62. The molecule has 3 N–H and O–H groups in total. The maximum Gasteiger partial charge on any atom is 0.255 e. The standard InChI is InChI=1S/C21H22FN3O/c1-2-23-15-7-9-19-17(11-15)18-12-16(8-10-20(18)25-19)24-21(26)13-3-5-14(22)6-4-13/h3-6,8,10,12,15,23,25H,2,7,9,11H2,1H3,(H,24,26). The summed E-state index contributed by atoms with van der Waals surface area (Å²) in [6, 6.07) is 12.0. The number of aryl methyl sites for hydroxylation is 1. The number of amides is 1. The van der Waals surface area contributed by atoms with Gasteiger partial charge in [-0.25, -0.2) is 4.39 Å². The summed E-state index contributed by atoms with van der Waals surface area (Å²) in [4.78, 5) is 15.9. The number of benzene rings is 2. The van der Waals surface area contributed by atoms with E-state index in [2.05, 4.69) is 22.5 Å². The summed E-state index contributed by atoms with van der Waals surface area (Å²) in [5.74, 6) is -0.587. The Kier molecular flexibility index (Phi) is 4.47. The van der Waals surface area contributed by atoms with Crippen molar-refractivity contribution in [1.82, 2.24) is 10.3 Å². The normalized spacial score (nSPS) is 16.5. The average molecular weight is 351 g/mol. The van der Waals surface area contributed by atoms with Crippen molar-refractivity contribution in [3.63, 3.8) is 0 Å². The molecule has 0 saturated carbocycles. The van der Waals surface area contributed by atoms with E-state index in [9.17, 15) is 9.18 Å². The smallest absolute Gasteiger partial charge is 0.255 e. The molecule has 0 aliphatic heterocycles. The number of fused-ring (bicyclic) bond motifs is 3. The fraction of sp³-hybridized carbons (Fsp3) is 0.286. The molecule has 1 heterocycles. The van der Waals surface area contributed by atoms with Crippen molar-refractivity contribution in [3.8, 4) is 0 Å². The third-order valence-electron chi connectivity index (χ3n) is 5.04. The molecule has 3 aromatic rings. The number of aromatic amines is 1. The molecule has 4 nitrogen and oxygen atoms in total. The van der Waals surface area contributed by atoms with Gasteiger partial charge in [0.25, 0.3) is 5.91 Å². The number of anilines is 1. The number of halogens is 1. The van der Waals surface area contributed by atoms with Crippen LogP contribution in [0.5, 0.6) is 0 Å². The first-order valence-electron chi connectivity index (χ1n) is 9.08. The summed E-state index contributed by atoms with van der Waals surface area (Å²) in [7, 11) is 0. The van der Waals surface area contributed by atoms with E-state index < -0.39 is 0 Å². The van der Waals surface area contributed by atoms with Crippen molar-refractivity contribution >= 4 is 22.5 Å². The minimum absolute atomic E-state index is 0.237. The van der Waals surface area contributed by atoms with Crippen LogP contribution in [0.25, 0.3) is 10.9 Å². The van der Waals surface area contributed by atoms with Gasteiger partial charge in [0.1, 0.15) is 5.82 Å². The maximum atomic E-state index is 13.0. The summed E-state index contributed by atoms with van der Waals surface area (Å²) >= 11 is 0. The molecular weight excluding hydrogens is 329 g/mol. The molecule has 0 spiro atoms. The minimum Gasteiger partial charge on any atom is -0.358 e. The molecule has 5 heteroatoms. The van der Waals surface area contributed by atoms with Crippen LogP contribution in [0.15, 0.2) is 42.5 Å². The number of carbonyl (C=O) groups is 1. The van der Waals surface area contributed by atoms with Gasteiger partial charge in [0.05, 0.1) is 0 Å². The number of aromatic nitrogens is 1. The molecule has 0 bridgehead atoms. The largest absolute Gasteiger partial charge is 0.358 e. The van der Waals surface area contributed by atoms with Crippen LogP contribution in [-0.4, -0.2) is 23.5 Å². The zero-order valence-electron chi connectivity index (χ0n) is 14.7. The topological polar surface area (TPSA) is 56.9 Å². The van der Waals surface area contributed by atoms with Crippen molar-refractivity contribution in [2.24, 2.45) is 0 Å². The number of hydrogen-bond donors (Lipinski definition) is 3. The highest BCUT2D eigenvalue weighted by molar-refractivity contribution is 6.05. The molecule has 1 aliphatic carbocycles. The quantitative estimate of drug-likeness (QED) is 0.665. The summed E-state index contributed by atoms with van der Waals surface area (Å²) in [5.41, 5.74) is 4.94. The highest BCUT2D eigenvalue weighted by atomic mass is 19.1. The minimum atomic E-state index is -0.350. The lowest BCUT2D eigenvalue weighted by Crippen LogP contribution is -2.34. The van der Waals surface area contributed by atoms with Crippen molar-refractivity contribution in [2.45, 2.75) is 32.2 Å². The van der Waals surface area contributed by atoms with Crippen molar-refractivity contribution in [1.29, 1.82) is 0 Å². The van der Waals surface area contributed by atoms with Gasteiger partial charge in [0.15, 0.2) is 0 Å². The first-order chi connectivity index (χ1) is 12.6. The van der Waals surface area contributed by atoms with Crippen LogP contribution < -0.4 is 10.6 Å². The Morgan fingerprint density at radius 2 is 2.04 bits per heavy atom. The van der Waals surface area contributed by atoms with Gasteiger partial charge in [0, 0.05) is 33.9 Å². The van der Waals surface area contributed by atoms with E-state index in [0.717, 1.165) is 37.0 Å². The number of hydrogen-bond acceptors (Lipinski definition) is 2. The van der Waals surface area contributed by atoms with E-state index in [0.29, 0.717) is 11.6 Å². The van der Waals surface area contributed by atoms with E-state index in [4.69, 9.17) is 0 Å². The predicted octanol–water partition coefficient (Wildman–Crippen LogP) is 4.03. The molecule has 1 aromatic heterocycles. The molecule has 0 radical (unpaired) electrons. The highest BCUT2D eigenvalue weighted by Gasteiger charge is 2.22. The Hall–Kier alpha value is -2.66. The van der Waals surface area contributed by atoms with Gasteiger partial charge < -0.3 is 15.6 Å². The molecule has 1 amide bonds. The highest BCUT2D eigenvalue weighted by Crippen LogP contribution is 2.31. The van der Waals surface area contributed by atoms with Crippen LogP contribution in [0.3, 0.4) is 0 Å². The second-order valence-corrected chi connectivity index (χ2v) is 6.80. The first kappa shape index (κ1) is 16.8. The zero-order valence-corrected chi connectivity index (χ0v) is 14.7. The fourth-order valence-electron chi connectivity index (χ4n) is 3.76. The van der Waals surface area contributed by atoms with Gasteiger partial charge in [-0.15, -0.1) is 0 Å². The van der Waals surface area contributed by atoms with Gasteiger partial charge in [-0.1, -0.05) is 6.92 Å². The second-order valence-electron chi connectivity index (χ2n) is 6.80. The molecule has 26 heavy (non-hydrogen) atoms. The molecule has 1 atom stereocenters. The van der Waals surface area contributed by atoms with Gasteiger partial charge >= 0.3 is 0 Å².